The number of aryl methyl sites for hydroxylation is 1. The van der Waals surface area contributed by atoms with E-state index in [1.54, 1.807) is 36.5 Å². The summed E-state index contributed by atoms with van der Waals surface area (Å²) in [6.07, 6.45) is 1.58. The fourth-order valence-corrected chi connectivity index (χ4v) is 2.26. The number of halogens is 1. The highest BCUT2D eigenvalue weighted by atomic mass is 79.9. The minimum atomic E-state index is -0.876. The van der Waals surface area contributed by atoms with Gasteiger partial charge in [-0.2, -0.15) is 5.26 Å². The summed E-state index contributed by atoms with van der Waals surface area (Å²) in [5.74, 6) is -1.11. The first-order valence-corrected chi connectivity index (χ1v) is 6.54. The summed E-state index contributed by atoms with van der Waals surface area (Å²) in [6.45, 7) is 1.91. The van der Waals surface area contributed by atoms with Gasteiger partial charge in [0.1, 0.15) is 0 Å². The quantitative estimate of drug-likeness (QED) is 0.813. The van der Waals surface area contributed by atoms with Gasteiger partial charge >= 0.3 is 0 Å². The molecule has 0 amide bonds. The van der Waals surface area contributed by atoms with Crippen molar-refractivity contribution in [3.05, 3.63) is 63.9 Å². The van der Waals surface area contributed by atoms with Gasteiger partial charge in [-0.15, -0.1) is 0 Å². The van der Waals surface area contributed by atoms with E-state index in [0.29, 0.717) is 11.3 Å². The van der Waals surface area contributed by atoms with Crippen LogP contribution in [0.1, 0.15) is 27.5 Å². The fraction of sp³-hybridized carbons (Fsp3) is 0.133. The molecule has 19 heavy (non-hydrogen) atoms. The number of carbonyl (C=O) groups excluding carboxylic acids is 1. The van der Waals surface area contributed by atoms with Crippen LogP contribution in [0.5, 0.6) is 0 Å². The van der Waals surface area contributed by atoms with Crippen molar-refractivity contribution in [2.24, 2.45) is 0 Å². The maximum Gasteiger partial charge on any atom is 0.187 e. The third-order valence-corrected chi connectivity index (χ3v) is 3.88. The van der Waals surface area contributed by atoms with Gasteiger partial charge < -0.3 is 0 Å². The Balaban J connectivity index is 2.43. The van der Waals surface area contributed by atoms with Gasteiger partial charge in [0.25, 0.3) is 0 Å². The number of carbonyl (C=O) groups is 1. The van der Waals surface area contributed by atoms with Crippen molar-refractivity contribution < 1.29 is 4.79 Å². The molecule has 0 N–H and O–H groups in total. The van der Waals surface area contributed by atoms with Gasteiger partial charge in [0.2, 0.25) is 0 Å². The van der Waals surface area contributed by atoms with Crippen molar-refractivity contribution in [3.8, 4) is 6.07 Å². The van der Waals surface area contributed by atoms with Crippen molar-refractivity contribution in [1.29, 1.82) is 5.26 Å². The predicted octanol–water partition coefficient (Wildman–Crippen LogP) is 3.64. The number of aromatic nitrogens is 1. The second-order valence-corrected chi connectivity index (χ2v) is 4.91. The van der Waals surface area contributed by atoms with Crippen molar-refractivity contribution in [1.82, 2.24) is 4.98 Å². The van der Waals surface area contributed by atoms with E-state index in [9.17, 15) is 10.1 Å². The number of ketones is 1. The van der Waals surface area contributed by atoms with Crippen molar-refractivity contribution in [2.75, 3.05) is 0 Å². The van der Waals surface area contributed by atoms with E-state index in [0.717, 1.165) is 10.0 Å². The Kier molecular flexibility index (Phi) is 4.08. The fourth-order valence-electron chi connectivity index (χ4n) is 1.80. The predicted molar refractivity (Wildman–Crippen MR) is 75.8 cm³/mol. The number of rotatable bonds is 3. The Hall–Kier alpha value is -1.99. The molecule has 1 heterocycles. The smallest absolute Gasteiger partial charge is 0.187 e. The summed E-state index contributed by atoms with van der Waals surface area (Å²) in [5, 5.41) is 9.25. The molecule has 1 unspecified atom stereocenters. The molecule has 1 aromatic heterocycles. The molecular weight excluding hydrogens is 304 g/mol. The molecule has 0 saturated heterocycles. The van der Waals surface area contributed by atoms with E-state index in [1.807, 2.05) is 19.1 Å². The van der Waals surface area contributed by atoms with Gasteiger partial charge in [-0.05, 0) is 40.5 Å². The molecule has 2 aromatic rings. The Morgan fingerprint density at radius 2 is 2.11 bits per heavy atom. The summed E-state index contributed by atoms with van der Waals surface area (Å²) >= 11 is 3.40. The van der Waals surface area contributed by atoms with Gasteiger partial charge in [0, 0.05) is 16.2 Å². The minimum absolute atomic E-state index is 0.239. The first-order valence-electron chi connectivity index (χ1n) is 5.75. The molecule has 0 radical (unpaired) electrons. The van der Waals surface area contributed by atoms with Crippen LogP contribution in [-0.2, 0) is 0 Å². The first-order chi connectivity index (χ1) is 9.15. The zero-order valence-electron chi connectivity index (χ0n) is 10.3. The van der Waals surface area contributed by atoms with Crippen LogP contribution in [-0.4, -0.2) is 10.8 Å². The zero-order valence-corrected chi connectivity index (χ0v) is 11.9. The third-order valence-electron chi connectivity index (χ3n) is 2.83. The number of pyridine rings is 1. The number of nitrogens with zero attached hydrogens (tertiary/aromatic N) is 2. The highest BCUT2D eigenvalue weighted by Gasteiger charge is 2.24. The third kappa shape index (κ3) is 2.72. The average molecular weight is 315 g/mol. The van der Waals surface area contributed by atoms with Crippen LogP contribution in [0.2, 0.25) is 0 Å². The molecular formula is C15H11BrN2O. The molecule has 1 aromatic carbocycles. The topological polar surface area (TPSA) is 53.8 Å². The molecule has 0 saturated carbocycles. The highest BCUT2D eigenvalue weighted by molar-refractivity contribution is 9.10. The van der Waals surface area contributed by atoms with Gasteiger partial charge in [-0.1, -0.05) is 24.3 Å². The SMILES string of the molecule is Cc1cccc(C(=O)C(C#N)c2ccccn2)c1Br. The molecule has 4 heteroatoms. The van der Waals surface area contributed by atoms with Gasteiger partial charge in [0.15, 0.2) is 11.7 Å². The van der Waals surface area contributed by atoms with Crippen LogP contribution in [0.15, 0.2) is 47.1 Å². The number of hydrogen-bond acceptors (Lipinski definition) is 3. The van der Waals surface area contributed by atoms with E-state index >= 15 is 0 Å². The standard InChI is InChI=1S/C15H11BrN2O/c1-10-5-4-6-11(14(10)16)15(19)12(9-17)13-7-2-3-8-18-13/h2-8,12H,1H3. The summed E-state index contributed by atoms with van der Waals surface area (Å²) in [6, 6.07) is 12.7. The molecule has 0 aliphatic rings. The molecule has 3 nitrogen and oxygen atoms in total. The summed E-state index contributed by atoms with van der Waals surface area (Å²) in [4.78, 5) is 16.5. The van der Waals surface area contributed by atoms with Crippen LogP contribution in [0.4, 0.5) is 0 Å². The maximum atomic E-state index is 12.5. The Morgan fingerprint density at radius 1 is 1.32 bits per heavy atom. The van der Waals surface area contributed by atoms with E-state index < -0.39 is 5.92 Å². The monoisotopic (exact) mass is 314 g/mol. The lowest BCUT2D eigenvalue weighted by Crippen LogP contribution is -2.13. The normalized spacial score (nSPS) is 11.6. The summed E-state index contributed by atoms with van der Waals surface area (Å²) in [7, 11) is 0. The number of hydrogen-bond donors (Lipinski definition) is 0. The lowest BCUT2D eigenvalue weighted by molar-refractivity contribution is 0.0976. The van der Waals surface area contributed by atoms with Crippen molar-refractivity contribution >= 4 is 21.7 Å². The Bertz CT molecular complexity index is 647. The van der Waals surface area contributed by atoms with Crippen LogP contribution in [0, 0.1) is 18.3 Å². The molecule has 0 spiro atoms. The highest BCUT2D eigenvalue weighted by Crippen LogP contribution is 2.26. The second kappa shape index (κ2) is 5.77. The number of Topliss-reactive ketones (excluding diaryl/α,β-unsaturated/α-hetero) is 1. The van der Waals surface area contributed by atoms with E-state index in [1.165, 1.54) is 0 Å². The molecule has 0 aliphatic carbocycles. The van der Waals surface area contributed by atoms with Gasteiger partial charge in [-0.3, -0.25) is 9.78 Å². The van der Waals surface area contributed by atoms with E-state index in [-0.39, 0.29) is 5.78 Å². The van der Waals surface area contributed by atoms with Crippen molar-refractivity contribution in [3.63, 3.8) is 0 Å². The Labute approximate surface area is 120 Å². The van der Waals surface area contributed by atoms with Crippen LogP contribution in [0.3, 0.4) is 0 Å². The van der Waals surface area contributed by atoms with Crippen molar-refractivity contribution in [2.45, 2.75) is 12.8 Å². The molecule has 94 valence electrons. The number of benzene rings is 1. The van der Waals surface area contributed by atoms with Crippen LogP contribution in [0.25, 0.3) is 0 Å². The molecule has 1 atom stereocenters. The molecule has 0 aliphatic heterocycles. The lowest BCUT2D eigenvalue weighted by Gasteiger charge is -2.10. The van der Waals surface area contributed by atoms with Gasteiger partial charge in [0.05, 0.1) is 11.8 Å². The summed E-state index contributed by atoms with van der Waals surface area (Å²) < 4.78 is 0.733. The summed E-state index contributed by atoms with van der Waals surface area (Å²) in [5.41, 5.74) is 1.95. The lowest BCUT2D eigenvalue weighted by atomic mass is 9.94. The first kappa shape index (κ1) is 13.4. The van der Waals surface area contributed by atoms with Crippen LogP contribution < -0.4 is 0 Å². The minimum Gasteiger partial charge on any atom is -0.292 e. The molecule has 0 bridgehead atoms. The second-order valence-electron chi connectivity index (χ2n) is 4.12. The number of nitriles is 1. The largest absolute Gasteiger partial charge is 0.292 e. The zero-order chi connectivity index (χ0) is 13.8. The van der Waals surface area contributed by atoms with E-state index in [2.05, 4.69) is 20.9 Å². The molecule has 0 fully saturated rings. The van der Waals surface area contributed by atoms with E-state index in [4.69, 9.17) is 0 Å². The molecule has 2 rings (SSSR count). The van der Waals surface area contributed by atoms with Gasteiger partial charge in [-0.25, -0.2) is 0 Å². The van der Waals surface area contributed by atoms with Crippen LogP contribution >= 0.6 is 15.9 Å². The maximum absolute atomic E-state index is 12.5. The average Bonchev–Trinajstić information content (AvgIpc) is 2.44. The Morgan fingerprint density at radius 3 is 2.74 bits per heavy atom.